The number of nitrogens with zero attached hydrogens (tertiary/aromatic N) is 6. The number of nitrogens with one attached hydrogen (secondary N) is 1. The second-order valence-electron chi connectivity index (χ2n) is 5.79. The molecule has 3 heterocycles. The maximum absolute atomic E-state index is 12.8. The largest absolute Gasteiger partial charge is 0.378 e. The van der Waals surface area contributed by atoms with Gasteiger partial charge < -0.3 is 5.73 Å². The van der Waals surface area contributed by atoms with E-state index >= 15 is 0 Å². The van der Waals surface area contributed by atoms with E-state index in [1.807, 2.05) is 17.5 Å². The summed E-state index contributed by atoms with van der Waals surface area (Å²) in [6, 6.07) is 10.8. The van der Waals surface area contributed by atoms with Crippen LogP contribution in [0.15, 0.2) is 51.5 Å². The highest BCUT2D eigenvalue weighted by Gasteiger charge is 2.25. The zero-order valence-corrected chi connectivity index (χ0v) is 16.5. The molecule has 4 aromatic rings. The van der Waals surface area contributed by atoms with E-state index in [1.165, 1.54) is 16.0 Å². The number of amides is 1. The molecule has 146 valence electrons. The van der Waals surface area contributed by atoms with Crippen LogP contribution in [0.1, 0.15) is 23.0 Å². The van der Waals surface area contributed by atoms with Crippen molar-refractivity contribution in [1.82, 2.24) is 30.7 Å². The summed E-state index contributed by atoms with van der Waals surface area (Å²) in [4.78, 5) is 13.5. The number of carbonyl (C=O) groups is 1. The van der Waals surface area contributed by atoms with E-state index in [9.17, 15) is 4.79 Å². The minimum atomic E-state index is -0.539. The van der Waals surface area contributed by atoms with Crippen LogP contribution in [0.5, 0.6) is 0 Å². The van der Waals surface area contributed by atoms with Gasteiger partial charge in [-0.3, -0.25) is 4.79 Å². The molecule has 12 heteroatoms. The third-order valence-corrected chi connectivity index (χ3v) is 5.05. The summed E-state index contributed by atoms with van der Waals surface area (Å²) in [5.74, 6) is -0.375. The molecular weight excluding hydrogens is 416 g/mol. The first kappa shape index (κ1) is 18.8. The highest BCUT2D eigenvalue weighted by molar-refractivity contribution is 7.13. The normalized spacial score (nSPS) is 11.6. The number of aromatic nitrogens is 5. The lowest BCUT2D eigenvalue weighted by Gasteiger charge is -2.04. The van der Waals surface area contributed by atoms with Gasteiger partial charge in [-0.25, -0.2) is 10.1 Å². The molecule has 1 aromatic carbocycles. The van der Waals surface area contributed by atoms with Gasteiger partial charge >= 0.3 is 0 Å². The fraction of sp³-hybridized carbons (Fsp3) is 0.0588. The van der Waals surface area contributed by atoms with E-state index in [0.717, 1.165) is 10.4 Å². The molecule has 0 saturated heterocycles. The molecule has 0 fully saturated rings. The SMILES string of the molecule is C/C(=N\NC(=O)c1nnn(-c2nonc2N)c1-c1cccs1)c1ccc(Cl)cc1. The second-order valence-corrected chi connectivity index (χ2v) is 7.18. The topological polar surface area (TPSA) is 137 Å². The number of hydrazone groups is 1. The van der Waals surface area contributed by atoms with Gasteiger partial charge in [0.2, 0.25) is 11.6 Å². The fourth-order valence-corrected chi connectivity index (χ4v) is 3.38. The number of anilines is 1. The molecule has 4 rings (SSSR count). The molecule has 0 aliphatic carbocycles. The smallest absolute Gasteiger partial charge is 0.294 e. The van der Waals surface area contributed by atoms with Gasteiger partial charge in [0.25, 0.3) is 5.91 Å². The fourth-order valence-electron chi connectivity index (χ4n) is 2.50. The molecule has 0 unspecified atom stereocenters. The van der Waals surface area contributed by atoms with Gasteiger partial charge in [-0.2, -0.15) is 9.78 Å². The van der Waals surface area contributed by atoms with Crippen LogP contribution in [0.3, 0.4) is 0 Å². The van der Waals surface area contributed by atoms with Crippen molar-refractivity contribution in [2.45, 2.75) is 6.92 Å². The molecule has 10 nitrogen and oxygen atoms in total. The lowest BCUT2D eigenvalue weighted by molar-refractivity contribution is 0.0950. The second kappa shape index (κ2) is 7.81. The molecule has 0 bridgehead atoms. The Labute approximate surface area is 172 Å². The minimum absolute atomic E-state index is 0.0243. The van der Waals surface area contributed by atoms with Gasteiger partial charge in [0.1, 0.15) is 5.69 Å². The van der Waals surface area contributed by atoms with E-state index in [4.69, 9.17) is 17.3 Å². The molecule has 3 aromatic heterocycles. The summed E-state index contributed by atoms with van der Waals surface area (Å²) in [5.41, 5.74) is 10.2. The van der Waals surface area contributed by atoms with Crippen LogP contribution < -0.4 is 11.2 Å². The molecule has 0 spiro atoms. The Morgan fingerprint density at radius 2 is 2.07 bits per heavy atom. The third kappa shape index (κ3) is 3.73. The number of nitrogens with two attached hydrogens (primary N) is 1. The molecular formula is C17H13ClN8O2S. The van der Waals surface area contributed by atoms with Crippen molar-refractivity contribution in [1.29, 1.82) is 0 Å². The van der Waals surface area contributed by atoms with Crippen LogP contribution in [0.4, 0.5) is 5.82 Å². The number of hydrogen-bond donors (Lipinski definition) is 2. The first-order valence-corrected chi connectivity index (χ1v) is 9.49. The summed E-state index contributed by atoms with van der Waals surface area (Å²) >= 11 is 7.30. The van der Waals surface area contributed by atoms with Gasteiger partial charge in [-0.1, -0.05) is 35.0 Å². The van der Waals surface area contributed by atoms with Crippen LogP contribution in [-0.2, 0) is 0 Å². The van der Waals surface area contributed by atoms with E-state index in [2.05, 4.69) is 35.8 Å². The molecule has 1 amide bonds. The molecule has 0 atom stereocenters. The molecule has 0 aliphatic heterocycles. The summed E-state index contributed by atoms with van der Waals surface area (Å²) in [5, 5.41) is 21.9. The van der Waals surface area contributed by atoms with Crippen LogP contribution in [0, 0.1) is 0 Å². The number of carbonyl (C=O) groups excluding carboxylic acids is 1. The Balaban J connectivity index is 1.67. The number of thiophene rings is 1. The van der Waals surface area contributed by atoms with Gasteiger partial charge in [0.15, 0.2) is 5.69 Å². The summed E-state index contributed by atoms with van der Waals surface area (Å²) in [6.07, 6.45) is 0. The summed E-state index contributed by atoms with van der Waals surface area (Å²) < 4.78 is 5.94. The monoisotopic (exact) mass is 428 g/mol. The Bertz CT molecular complexity index is 1180. The van der Waals surface area contributed by atoms with E-state index in [0.29, 0.717) is 16.4 Å². The summed E-state index contributed by atoms with van der Waals surface area (Å²) in [7, 11) is 0. The van der Waals surface area contributed by atoms with Crippen molar-refractivity contribution in [2.75, 3.05) is 5.73 Å². The van der Waals surface area contributed by atoms with Crippen molar-refractivity contribution in [2.24, 2.45) is 5.10 Å². The number of hydrogen-bond acceptors (Lipinski definition) is 9. The van der Waals surface area contributed by atoms with Crippen LogP contribution in [0.25, 0.3) is 16.4 Å². The number of halogens is 1. The molecule has 0 aliphatic rings. The van der Waals surface area contributed by atoms with Gasteiger partial charge in [0, 0.05) is 5.02 Å². The lowest BCUT2D eigenvalue weighted by Crippen LogP contribution is -2.20. The van der Waals surface area contributed by atoms with E-state index in [1.54, 1.807) is 31.2 Å². The first-order valence-electron chi connectivity index (χ1n) is 8.23. The molecule has 0 saturated carbocycles. The highest BCUT2D eigenvalue weighted by Crippen LogP contribution is 2.29. The van der Waals surface area contributed by atoms with Crippen LogP contribution in [-0.4, -0.2) is 36.9 Å². The Morgan fingerprint density at radius 3 is 2.72 bits per heavy atom. The van der Waals surface area contributed by atoms with Crippen LogP contribution >= 0.6 is 22.9 Å². The third-order valence-electron chi connectivity index (χ3n) is 3.92. The standard InChI is InChI=1S/C17H13ClN8O2S/c1-9(10-4-6-11(18)7-5-10)20-22-17(27)13-14(12-3-2-8-29-12)26(25-21-13)16-15(19)23-28-24-16/h2-8H,1H3,(H2,19,23)(H,22,27)/b20-9+. The maximum Gasteiger partial charge on any atom is 0.294 e. The maximum atomic E-state index is 12.8. The van der Waals surface area contributed by atoms with Crippen LogP contribution in [0.2, 0.25) is 5.02 Å². The number of rotatable bonds is 5. The first-order chi connectivity index (χ1) is 14.0. The zero-order chi connectivity index (χ0) is 20.4. The van der Waals surface area contributed by atoms with Gasteiger partial charge in [-0.15, -0.1) is 16.4 Å². The lowest BCUT2D eigenvalue weighted by atomic mass is 10.1. The Kier molecular flexibility index (Phi) is 5.06. The van der Waals surface area contributed by atoms with Gasteiger partial charge in [-0.05, 0) is 46.4 Å². The van der Waals surface area contributed by atoms with Crippen molar-refractivity contribution < 1.29 is 9.42 Å². The van der Waals surface area contributed by atoms with E-state index < -0.39 is 5.91 Å². The van der Waals surface area contributed by atoms with E-state index in [-0.39, 0.29) is 17.3 Å². The zero-order valence-electron chi connectivity index (χ0n) is 14.9. The predicted octanol–water partition coefficient (Wildman–Crippen LogP) is 2.77. The quantitative estimate of drug-likeness (QED) is 0.368. The van der Waals surface area contributed by atoms with Gasteiger partial charge in [0.05, 0.1) is 10.6 Å². The van der Waals surface area contributed by atoms with Crippen molar-refractivity contribution in [3.05, 3.63) is 58.1 Å². The predicted molar refractivity (Wildman–Crippen MR) is 108 cm³/mol. The number of nitrogen functional groups attached to an aromatic ring is 1. The van der Waals surface area contributed by atoms with Crippen molar-refractivity contribution in [3.8, 4) is 16.4 Å². The Morgan fingerprint density at radius 1 is 1.28 bits per heavy atom. The molecule has 29 heavy (non-hydrogen) atoms. The summed E-state index contributed by atoms with van der Waals surface area (Å²) in [6.45, 7) is 1.77. The Hall–Kier alpha value is -3.57. The van der Waals surface area contributed by atoms with Crippen molar-refractivity contribution in [3.63, 3.8) is 0 Å². The molecule has 0 radical (unpaired) electrons. The molecule has 3 N–H and O–H groups in total. The number of benzene rings is 1. The highest BCUT2D eigenvalue weighted by atomic mass is 35.5. The average Bonchev–Trinajstić information content (AvgIpc) is 3.46. The average molecular weight is 429 g/mol. The van der Waals surface area contributed by atoms with Crippen molar-refractivity contribution >= 4 is 40.4 Å². The minimum Gasteiger partial charge on any atom is -0.378 e.